The second-order valence-corrected chi connectivity index (χ2v) is 6.74. The molecule has 152 valence electrons. The van der Waals surface area contributed by atoms with E-state index in [1.807, 2.05) is 0 Å². The fraction of sp³-hybridized carbons (Fsp3) is 0.316. The van der Waals surface area contributed by atoms with E-state index in [9.17, 15) is 25.0 Å². The number of non-ortho nitro benzene ring substituents is 2. The van der Waals surface area contributed by atoms with E-state index in [2.05, 4.69) is 5.32 Å². The second kappa shape index (κ2) is 8.65. The number of rotatable bonds is 8. The van der Waals surface area contributed by atoms with Crippen molar-refractivity contribution < 1.29 is 19.4 Å². The lowest BCUT2D eigenvalue weighted by Crippen LogP contribution is -2.32. The van der Waals surface area contributed by atoms with Crippen molar-refractivity contribution in [2.45, 2.75) is 25.6 Å². The van der Waals surface area contributed by atoms with Gasteiger partial charge in [-0.05, 0) is 18.1 Å². The van der Waals surface area contributed by atoms with Gasteiger partial charge in [-0.1, -0.05) is 24.3 Å². The van der Waals surface area contributed by atoms with E-state index in [1.54, 1.807) is 31.2 Å². The van der Waals surface area contributed by atoms with Gasteiger partial charge in [0.2, 0.25) is 0 Å². The molecule has 1 aliphatic heterocycles. The van der Waals surface area contributed by atoms with Gasteiger partial charge in [0.1, 0.15) is 6.10 Å². The van der Waals surface area contributed by atoms with Gasteiger partial charge < -0.3 is 10.1 Å². The molecule has 0 aromatic heterocycles. The first kappa shape index (κ1) is 20.2. The number of carbonyl (C=O) groups excluding carboxylic acids is 1. The Balaban J connectivity index is 1.56. The third-order valence-electron chi connectivity index (χ3n) is 4.76. The summed E-state index contributed by atoms with van der Waals surface area (Å²) in [6, 6.07) is 12.1. The molecule has 1 saturated heterocycles. The summed E-state index contributed by atoms with van der Waals surface area (Å²) in [5, 5.41) is 24.9. The van der Waals surface area contributed by atoms with E-state index in [0.717, 1.165) is 5.56 Å². The zero-order valence-corrected chi connectivity index (χ0v) is 15.7. The Labute approximate surface area is 166 Å². The molecule has 10 nitrogen and oxygen atoms in total. The van der Waals surface area contributed by atoms with Crippen LogP contribution in [0.4, 0.5) is 16.2 Å². The topological polar surface area (TPSA) is 128 Å². The molecular weight excluding hydrogens is 380 g/mol. The van der Waals surface area contributed by atoms with Crippen molar-refractivity contribution in [3.8, 4) is 0 Å². The fourth-order valence-corrected chi connectivity index (χ4v) is 3.20. The van der Waals surface area contributed by atoms with Crippen LogP contribution in [0.25, 0.3) is 0 Å². The molecule has 1 aliphatic rings. The van der Waals surface area contributed by atoms with Gasteiger partial charge in [0.15, 0.2) is 0 Å². The third-order valence-corrected chi connectivity index (χ3v) is 4.76. The normalized spacial score (nSPS) is 17.1. The molecule has 0 radical (unpaired) electrons. The van der Waals surface area contributed by atoms with Crippen LogP contribution in [0.2, 0.25) is 0 Å². The molecule has 2 aromatic rings. The van der Waals surface area contributed by atoms with Crippen LogP contribution in [-0.2, 0) is 11.3 Å². The number of nitro groups is 2. The molecule has 2 atom stereocenters. The Kier molecular flexibility index (Phi) is 6.03. The highest BCUT2D eigenvalue weighted by molar-refractivity contribution is 5.70. The summed E-state index contributed by atoms with van der Waals surface area (Å²) in [4.78, 5) is 34.6. The zero-order chi connectivity index (χ0) is 21.0. The molecule has 0 bridgehead atoms. The van der Waals surface area contributed by atoms with Gasteiger partial charge in [-0.3, -0.25) is 25.1 Å². The number of amides is 1. The number of nitrogens with zero attached hydrogens (tertiary/aromatic N) is 3. The van der Waals surface area contributed by atoms with E-state index in [-0.39, 0.29) is 23.5 Å². The number of nitro benzene ring substituents is 2. The first-order chi connectivity index (χ1) is 13.8. The average molecular weight is 400 g/mol. The average Bonchev–Trinajstić information content (AvgIpc) is 3.08. The Hall–Kier alpha value is -3.53. The molecule has 2 aromatic carbocycles. The first-order valence-electron chi connectivity index (χ1n) is 9.01. The number of hydrogen-bond acceptors (Lipinski definition) is 7. The summed E-state index contributed by atoms with van der Waals surface area (Å²) in [7, 11) is 0. The predicted molar refractivity (Wildman–Crippen MR) is 103 cm³/mol. The number of hydrogen-bond donors (Lipinski definition) is 1. The summed E-state index contributed by atoms with van der Waals surface area (Å²) >= 11 is 0. The lowest BCUT2D eigenvalue weighted by Gasteiger charge is -2.22. The van der Waals surface area contributed by atoms with Crippen molar-refractivity contribution in [3.63, 3.8) is 0 Å². The van der Waals surface area contributed by atoms with E-state index in [1.165, 1.54) is 29.2 Å². The second-order valence-electron chi connectivity index (χ2n) is 6.74. The van der Waals surface area contributed by atoms with Gasteiger partial charge in [-0.25, -0.2) is 4.79 Å². The lowest BCUT2D eigenvalue weighted by atomic mass is 10.1. The van der Waals surface area contributed by atoms with Crippen LogP contribution in [-0.4, -0.2) is 40.0 Å². The highest BCUT2D eigenvalue weighted by Crippen LogP contribution is 2.27. The largest absolute Gasteiger partial charge is 0.443 e. The van der Waals surface area contributed by atoms with Crippen LogP contribution in [0, 0.1) is 20.2 Å². The molecule has 0 saturated carbocycles. The number of cyclic esters (lactones) is 1. The van der Waals surface area contributed by atoms with Crippen molar-refractivity contribution in [1.29, 1.82) is 0 Å². The van der Waals surface area contributed by atoms with Crippen LogP contribution < -0.4 is 5.32 Å². The minimum atomic E-state index is -0.480. The minimum Gasteiger partial charge on any atom is -0.443 e. The van der Waals surface area contributed by atoms with E-state index in [4.69, 9.17) is 4.74 Å². The van der Waals surface area contributed by atoms with Crippen molar-refractivity contribution in [2.24, 2.45) is 0 Å². The maximum Gasteiger partial charge on any atom is 0.410 e. The summed E-state index contributed by atoms with van der Waals surface area (Å²) in [5.74, 6) is 0. The molecule has 1 amide bonds. The van der Waals surface area contributed by atoms with Gasteiger partial charge in [0.25, 0.3) is 11.4 Å². The SMILES string of the molecule is CC(c1cccc([N+](=O)[O-])c1)N1CC(CNCc2cccc([N+](=O)[O-])c2)OC1=O. The van der Waals surface area contributed by atoms with Crippen molar-refractivity contribution >= 4 is 17.5 Å². The predicted octanol–water partition coefficient (Wildman–Crippen LogP) is 3.17. The molecule has 10 heteroatoms. The Bertz CT molecular complexity index is 934. The first-order valence-corrected chi connectivity index (χ1v) is 9.01. The zero-order valence-electron chi connectivity index (χ0n) is 15.7. The van der Waals surface area contributed by atoms with Crippen LogP contribution in [0.15, 0.2) is 48.5 Å². The van der Waals surface area contributed by atoms with Gasteiger partial charge >= 0.3 is 6.09 Å². The van der Waals surface area contributed by atoms with Crippen molar-refractivity contribution in [2.75, 3.05) is 13.1 Å². The highest BCUT2D eigenvalue weighted by Gasteiger charge is 2.35. The maximum atomic E-state index is 12.2. The molecule has 1 heterocycles. The molecule has 29 heavy (non-hydrogen) atoms. The van der Waals surface area contributed by atoms with E-state index < -0.39 is 15.9 Å². The standard InChI is InChI=1S/C19H20N4O6/c1-13(15-5-3-7-17(9-15)23(27)28)21-12-18(29-19(21)24)11-20-10-14-4-2-6-16(8-14)22(25)26/h2-9,13,18,20H,10-12H2,1H3. The molecule has 1 N–H and O–H groups in total. The van der Waals surface area contributed by atoms with Crippen molar-refractivity contribution in [3.05, 3.63) is 79.9 Å². The number of benzene rings is 2. The van der Waals surface area contributed by atoms with Gasteiger partial charge in [-0.15, -0.1) is 0 Å². The summed E-state index contributed by atoms with van der Waals surface area (Å²) in [5.41, 5.74) is 1.40. The van der Waals surface area contributed by atoms with Crippen LogP contribution in [0.3, 0.4) is 0 Å². The Morgan fingerprint density at radius 1 is 1.14 bits per heavy atom. The smallest absolute Gasteiger partial charge is 0.410 e. The van der Waals surface area contributed by atoms with E-state index in [0.29, 0.717) is 25.2 Å². The number of carbonyl (C=O) groups is 1. The molecule has 2 unspecified atom stereocenters. The van der Waals surface area contributed by atoms with E-state index >= 15 is 0 Å². The van der Waals surface area contributed by atoms with Gasteiger partial charge in [-0.2, -0.15) is 0 Å². The summed E-state index contributed by atoms with van der Waals surface area (Å²) in [6.07, 6.45) is -0.867. The fourth-order valence-electron chi connectivity index (χ4n) is 3.20. The number of ether oxygens (including phenoxy) is 1. The maximum absolute atomic E-state index is 12.2. The van der Waals surface area contributed by atoms with Crippen LogP contribution >= 0.6 is 0 Å². The van der Waals surface area contributed by atoms with Gasteiger partial charge in [0.05, 0.1) is 22.4 Å². The van der Waals surface area contributed by atoms with Crippen molar-refractivity contribution in [1.82, 2.24) is 10.2 Å². The molecule has 1 fully saturated rings. The van der Waals surface area contributed by atoms with Gasteiger partial charge in [0, 0.05) is 37.4 Å². The molecule has 0 aliphatic carbocycles. The summed E-state index contributed by atoms with van der Waals surface area (Å²) in [6.45, 7) is 2.91. The molecule has 3 rings (SSSR count). The minimum absolute atomic E-state index is 0.0218. The van der Waals surface area contributed by atoms with Crippen LogP contribution in [0.1, 0.15) is 24.1 Å². The Morgan fingerprint density at radius 2 is 1.79 bits per heavy atom. The summed E-state index contributed by atoms with van der Waals surface area (Å²) < 4.78 is 5.38. The molecular formula is C19H20N4O6. The Morgan fingerprint density at radius 3 is 2.48 bits per heavy atom. The lowest BCUT2D eigenvalue weighted by molar-refractivity contribution is -0.385. The third kappa shape index (κ3) is 4.85. The molecule has 0 spiro atoms. The quantitative estimate of drug-likeness (QED) is 0.532. The monoisotopic (exact) mass is 400 g/mol. The van der Waals surface area contributed by atoms with Crippen LogP contribution in [0.5, 0.6) is 0 Å². The number of nitrogens with one attached hydrogen (secondary N) is 1. The highest BCUT2D eigenvalue weighted by atomic mass is 16.6.